The molecule has 0 fully saturated rings. The average Bonchev–Trinajstić information content (AvgIpc) is 3.28. The van der Waals surface area contributed by atoms with Crippen molar-refractivity contribution >= 4 is 17.6 Å². The maximum absolute atomic E-state index is 14.6. The van der Waals surface area contributed by atoms with Crippen molar-refractivity contribution in [3.63, 3.8) is 0 Å². The first-order valence-corrected chi connectivity index (χ1v) is 9.39. The van der Waals surface area contributed by atoms with Crippen molar-refractivity contribution in [1.29, 1.82) is 0 Å². The highest BCUT2D eigenvalue weighted by Gasteiger charge is 2.38. The molecule has 3 heterocycles. The van der Waals surface area contributed by atoms with Gasteiger partial charge in [0.25, 0.3) is 0 Å². The molecule has 0 radical (unpaired) electrons. The van der Waals surface area contributed by atoms with Crippen LogP contribution in [0.3, 0.4) is 0 Å². The van der Waals surface area contributed by atoms with E-state index in [1.807, 2.05) is 0 Å². The third-order valence-electron chi connectivity index (χ3n) is 5.10. The fourth-order valence-electron chi connectivity index (χ4n) is 3.34. The highest BCUT2D eigenvalue weighted by molar-refractivity contribution is 5.99. The fraction of sp³-hybridized carbons (Fsp3) is 0.250. The maximum atomic E-state index is 14.6. The number of benzene rings is 1. The summed E-state index contributed by atoms with van der Waals surface area (Å²) >= 11 is 0. The molecule has 0 saturated heterocycles. The summed E-state index contributed by atoms with van der Waals surface area (Å²) in [6.45, 7) is 1.64. The Labute approximate surface area is 176 Å². The number of hydrogen-bond acceptors (Lipinski definition) is 8. The van der Waals surface area contributed by atoms with Crippen molar-refractivity contribution in [1.82, 2.24) is 29.9 Å². The van der Waals surface area contributed by atoms with Gasteiger partial charge in [-0.3, -0.25) is 14.5 Å². The molecule has 0 bridgehead atoms. The number of guanidine groups is 1. The molecule has 158 valence electrons. The Morgan fingerprint density at radius 2 is 1.97 bits per heavy atom. The number of amides is 1. The van der Waals surface area contributed by atoms with Crippen molar-refractivity contribution < 1.29 is 14.0 Å². The highest BCUT2D eigenvalue weighted by Crippen LogP contribution is 2.35. The van der Waals surface area contributed by atoms with Crippen LogP contribution in [0.5, 0.6) is 0 Å². The van der Waals surface area contributed by atoms with Crippen LogP contribution in [-0.4, -0.2) is 54.6 Å². The van der Waals surface area contributed by atoms with Crippen molar-refractivity contribution in [2.45, 2.75) is 25.3 Å². The minimum atomic E-state index is -1.16. The molecule has 3 aromatic rings. The van der Waals surface area contributed by atoms with Gasteiger partial charge in [-0.25, -0.2) is 19.4 Å². The minimum absolute atomic E-state index is 0.0154. The average molecular weight is 422 g/mol. The van der Waals surface area contributed by atoms with Gasteiger partial charge in [-0.15, -0.1) is 4.80 Å². The van der Waals surface area contributed by atoms with Crippen LogP contribution < -0.4 is 5.73 Å². The van der Waals surface area contributed by atoms with Crippen LogP contribution in [0, 0.1) is 5.82 Å². The van der Waals surface area contributed by atoms with Crippen molar-refractivity contribution in [2.24, 2.45) is 10.7 Å². The Morgan fingerprint density at radius 3 is 2.61 bits per heavy atom. The van der Waals surface area contributed by atoms with E-state index in [-0.39, 0.29) is 41.7 Å². The lowest BCUT2D eigenvalue weighted by atomic mass is 9.85. The predicted octanol–water partition coefficient (Wildman–Crippen LogP) is 1.01. The number of carbonyl (C=O) groups excluding carboxylic acids is 2. The first-order chi connectivity index (χ1) is 14.8. The Hall–Kier alpha value is -4.02. The van der Waals surface area contributed by atoms with Gasteiger partial charge in [0, 0.05) is 19.0 Å². The standard InChI is InChI=1S/C20H19FN8O2/c1-20(9-18(31)28(2)19(22)27-20)13-7-12(3-4-14(13)21)8-16(30)15-10-24-17(11-23-15)29-25-5-6-26-29/h3-7,10-11H,8-9H2,1-2H3,(H2,22,27). The Balaban J connectivity index is 1.57. The van der Waals surface area contributed by atoms with Crippen LogP contribution in [-0.2, 0) is 16.8 Å². The summed E-state index contributed by atoms with van der Waals surface area (Å²) in [6, 6.07) is 4.31. The largest absolute Gasteiger partial charge is 0.369 e. The van der Waals surface area contributed by atoms with E-state index in [1.165, 1.54) is 59.7 Å². The summed E-state index contributed by atoms with van der Waals surface area (Å²) in [5.74, 6) is -0.693. The fourth-order valence-corrected chi connectivity index (χ4v) is 3.34. The summed E-state index contributed by atoms with van der Waals surface area (Å²) in [7, 11) is 1.51. The number of hydrogen-bond donors (Lipinski definition) is 1. The third-order valence-corrected chi connectivity index (χ3v) is 5.10. The van der Waals surface area contributed by atoms with Gasteiger partial charge in [0.05, 0.1) is 36.7 Å². The zero-order valence-electron chi connectivity index (χ0n) is 16.9. The molecule has 1 atom stereocenters. The number of halogens is 1. The molecule has 1 aliphatic rings. The number of nitrogens with zero attached hydrogens (tertiary/aromatic N) is 7. The van der Waals surface area contributed by atoms with E-state index < -0.39 is 11.4 Å². The Kier molecular flexibility index (Phi) is 5.01. The molecular formula is C20H19FN8O2. The van der Waals surface area contributed by atoms with Crippen molar-refractivity contribution in [3.05, 3.63) is 65.6 Å². The lowest BCUT2D eigenvalue weighted by Gasteiger charge is -2.34. The van der Waals surface area contributed by atoms with E-state index in [0.29, 0.717) is 11.4 Å². The second-order valence-electron chi connectivity index (χ2n) is 7.37. The number of ketones is 1. The normalized spacial score (nSPS) is 18.7. The number of aromatic nitrogens is 5. The van der Waals surface area contributed by atoms with Crippen molar-refractivity contribution in [2.75, 3.05) is 7.05 Å². The van der Waals surface area contributed by atoms with Gasteiger partial charge in [0.1, 0.15) is 11.5 Å². The lowest BCUT2D eigenvalue weighted by molar-refractivity contribution is -0.128. The summed E-state index contributed by atoms with van der Waals surface area (Å²) in [4.78, 5) is 40.0. The smallest absolute Gasteiger partial charge is 0.231 e. The molecule has 4 rings (SSSR count). The molecule has 0 saturated carbocycles. The zero-order chi connectivity index (χ0) is 22.2. The van der Waals surface area contributed by atoms with Crippen molar-refractivity contribution in [3.8, 4) is 5.82 Å². The second-order valence-corrected chi connectivity index (χ2v) is 7.37. The van der Waals surface area contributed by atoms with Gasteiger partial charge in [-0.2, -0.15) is 10.2 Å². The lowest BCUT2D eigenvalue weighted by Crippen LogP contribution is -2.47. The van der Waals surface area contributed by atoms with E-state index in [9.17, 15) is 14.0 Å². The molecule has 10 nitrogen and oxygen atoms in total. The number of rotatable bonds is 5. The molecule has 1 aromatic carbocycles. The summed E-state index contributed by atoms with van der Waals surface area (Å²) in [6.07, 6.45) is 5.68. The first-order valence-electron chi connectivity index (χ1n) is 9.39. The molecule has 2 aromatic heterocycles. The van der Waals surface area contributed by atoms with Crippen LogP contribution in [0.25, 0.3) is 5.82 Å². The van der Waals surface area contributed by atoms with Crippen LogP contribution >= 0.6 is 0 Å². The number of nitrogens with two attached hydrogens (primary N) is 1. The second kappa shape index (κ2) is 7.67. The molecule has 1 aliphatic heterocycles. The topological polar surface area (TPSA) is 132 Å². The molecule has 1 unspecified atom stereocenters. The number of carbonyl (C=O) groups is 2. The van der Waals surface area contributed by atoms with E-state index in [2.05, 4.69) is 25.2 Å². The molecule has 11 heteroatoms. The van der Waals surface area contributed by atoms with Gasteiger partial charge >= 0.3 is 0 Å². The molecule has 31 heavy (non-hydrogen) atoms. The van der Waals surface area contributed by atoms with Crippen LogP contribution in [0.15, 0.2) is 48.0 Å². The minimum Gasteiger partial charge on any atom is -0.369 e. The van der Waals surface area contributed by atoms with Crippen LogP contribution in [0.2, 0.25) is 0 Å². The highest BCUT2D eigenvalue weighted by atomic mass is 19.1. The Bertz CT molecular complexity index is 1180. The molecule has 2 N–H and O–H groups in total. The molecule has 0 aliphatic carbocycles. The molecular weight excluding hydrogens is 403 g/mol. The summed E-state index contributed by atoms with van der Waals surface area (Å²) in [5.41, 5.74) is 5.59. The number of aliphatic imine (C=N–C) groups is 1. The van der Waals surface area contributed by atoms with Crippen LogP contribution in [0.4, 0.5) is 4.39 Å². The predicted molar refractivity (Wildman–Crippen MR) is 108 cm³/mol. The van der Waals surface area contributed by atoms with E-state index in [4.69, 9.17) is 5.73 Å². The zero-order valence-corrected chi connectivity index (χ0v) is 16.9. The SMILES string of the molecule is CN1C(=O)CC(C)(c2cc(CC(=O)c3cnc(-n4nccn4)cn3)ccc2F)N=C1N. The molecule has 0 spiro atoms. The quantitative estimate of drug-likeness (QED) is 0.607. The summed E-state index contributed by atoms with van der Waals surface area (Å²) < 4.78 is 14.6. The van der Waals surface area contributed by atoms with E-state index in [0.717, 1.165) is 0 Å². The third kappa shape index (κ3) is 3.89. The monoisotopic (exact) mass is 422 g/mol. The van der Waals surface area contributed by atoms with E-state index >= 15 is 0 Å². The van der Waals surface area contributed by atoms with Gasteiger partial charge in [-0.05, 0) is 24.6 Å². The van der Waals surface area contributed by atoms with Crippen LogP contribution in [0.1, 0.15) is 35.0 Å². The Morgan fingerprint density at radius 1 is 1.23 bits per heavy atom. The van der Waals surface area contributed by atoms with Gasteiger partial charge in [0.15, 0.2) is 17.6 Å². The van der Waals surface area contributed by atoms with Gasteiger partial charge in [-0.1, -0.05) is 6.07 Å². The van der Waals surface area contributed by atoms with Gasteiger partial charge < -0.3 is 5.73 Å². The van der Waals surface area contributed by atoms with E-state index in [1.54, 1.807) is 6.92 Å². The van der Waals surface area contributed by atoms with Gasteiger partial charge in [0.2, 0.25) is 5.91 Å². The first kappa shape index (κ1) is 20.3. The summed E-state index contributed by atoms with van der Waals surface area (Å²) in [5, 5.41) is 7.90. The number of Topliss-reactive ketones (excluding diaryl/α,β-unsaturated/α-hetero) is 1. The maximum Gasteiger partial charge on any atom is 0.231 e. The molecule has 1 amide bonds.